The third-order valence-electron chi connectivity index (χ3n) is 2.88. The number of fused-ring (bicyclic) bond motifs is 1. The van der Waals surface area contributed by atoms with Gasteiger partial charge in [0.1, 0.15) is 0 Å². The van der Waals surface area contributed by atoms with Crippen molar-refractivity contribution < 1.29 is 5.11 Å². The Hall–Kier alpha value is -1.39. The average molecular weight is 205 g/mol. The molecule has 1 unspecified atom stereocenters. The first-order chi connectivity index (χ1) is 7.21. The van der Waals surface area contributed by atoms with Gasteiger partial charge in [0.15, 0.2) is 0 Å². The molecular formula is C11H15N3O. The van der Waals surface area contributed by atoms with Crippen LogP contribution in [-0.2, 0) is 5.41 Å². The van der Waals surface area contributed by atoms with Gasteiger partial charge in [-0.3, -0.25) is 0 Å². The SMILES string of the molecule is CC(CN)(CO)c1cnn2ccccc12. The molecule has 1 atom stereocenters. The lowest BCUT2D eigenvalue weighted by Gasteiger charge is -2.24. The number of aromatic nitrogens is 2. The van der Waals surface area contributed by atoms with Crippen molar-refractivity contribution in [3.05, 3.63) is 36.2 Å². The quantitative estimate of drug-likeness (QED) is 0.768. The van der Waals surface area contributed by atoms with E-state index in [4.69, 9.17) is 5.73 Å². The molecule has 0 saturated carbocycles. The maximum Gasteiger partial charge on any atom is 0.0700 e. The summed E-state index contributed by atoms with van der Waals surface area (Å²) in [6.07, 6.45) is 3.66. The Morgan fingerprint density at radius 1 is 1.53 bits per heavy atom. The van der Waals surface area contributed by atoms with E-state index < -0.39 is 5.41 Å². The van der Waals surface area contributed by atoms with E-state index in [1.165, 1.54) is 0 Å². The van der Waals surface area contributed by atoms with Gasteiger partial charge >= 0.3 is 0 Å². The van der Waals surface area contributed by atoms with Crippen LogP contribution in [0.2, 0.25) is 0 Å². The van der Waals surface area contributed by atoms with Crippen molar-refractivity contribution in [2.24, 2.45) is 5.73 Å². The number of hydrogen-bond donors (Lipinski definition) is 2. The highest BCUT2D eigenvalue weighted by atomic mass is 16.3. The van der Waals surface area contributed by atoms with Crippen LogP contribution in [0.3, 0.4) is 0 Å². The fraction of sp³-hybridized carbons (Fsp3) is 0.364. The topological polar surface area (TPSA) is 63.5 Å². The summed E-state index contributed by atoms with van der Waals surface area (Å²) in [6, 6.07) is 5.85. The van der Waals surface area contributed by atoms with E-state index in [-0.39, 0.29) is 6.61 Å². The maximum atomic E-state index is 9.40. The summed E-state index contributed by atoms with van der Waals surface area (Å²) in [5, 5.41) is 13.6. The highest BCUT2D eigenvalue weighted by Gasteiger charge is 2.27. The van der Waals surface area contributed by atoms with Gasteiger partial charge in [0.25, 0.3) is 0 Å². The van der Waals surface area contributed by atoms with E-state index in [2.05, 4.69) is 5.10 Å². The smallest absolute Gasteiger partial charge is 0.0700 e. The van der Waals surface area contributed by atoms with Gasteiger partial charge in [0, 0.05) is 23.7 Å². The summed E-state index contributed by atoms with van der Waals surface area (Å²) in [5.74, 6) is 0. The van der Waals surface area contributed by atoms with E-state index in [9.17, 15) is 5.11 Å². The Bertz CT molecular complexity index is 460. The summed E-state index contributed by atoms with van der Waals surface area (Å²) in [4.78, 5) is 0. The molecule has 0 aliphatic heterocycles. The monoisotopic (exact) mass is 205 g/mol. The Kier molecular flexibility index (Phi) is 2.46. The largest absolute Gasteiger partial charge is 0.395 e. The number of nitrogens with two attached hydrogens (primary N) is 1. The lowest BCUT2D eigenvalue weighted by Crippen LogP contribution is -2.35. The van der Waals surface area contributed by atoms with Crippen LogP contribution in [0.1, 0.15) is 12.5 Å². The Morgan fingerprint density at radius 3 is 3.00 bits per heavy atom. The summed E-state index contributed by atoms with van der Waals surface area (Å²) < 4.78 is 1.79. The highest BCUT2D eigenvalue weighted by Crippen LogP contribution is 2.25. The first-order valence-corrected chi connectivity index (χ1v) is 4.95. The first kappa shape index (κ1) is 10.1. The molecule has 3 N–H and O–H groups in total. The third kappa shape index (κ3) is 1.52. The second-order valence-electron chi connectivity index (χ2n) is 4.01. The molecule has 80 valence electrons. The van der Waals surface area contributed by atoms with Crippen molar-refractivity contribution in [2.75, 3.05) is 13.2 Å². The summed E-state index contributed by atoms with van der Waals surface area (Å²) in [6.45, 7) is 2.37. The first-order valence-electron chi connectivity index (χ1n) is 4.95. The number of pyridine rings is 1. The van der Waals surface area contributed by atoms with Crippen molar-refractivity contribution in [1.29, 1.82) is 0 Å². The number of hydrogen-bond acceptors (Lipinski definition) is 3. The summed E-state index contributed by atoms with van der Waals surface area (Å²) in [5.41, 5.74) is 7.28. The average Bonchev–Trinajstić information content (AvgIpc) is 2.72. The normalized spacial score (nSPS) is 15.4. The van der Waals surface area contributed by atoms with E-state index in [0.29, 0.717) is 6.54 Å². The zero-order chi connectivity index (χ0) is 10.9. The molecule has 2 aromatic heterocycles. The van der Waals surface area contributed by atoms with Gasteiger partial charge in [-0.25, -0.2) is 4.52 Å². The molecule has 0 aliphatic rings. The van der Waals surface area contributed by atoms with E-state index in [1.807, 2.05) is 31.3 Å². The van der Waals surface area contributed by atoms with Crippen molar-refractivity contribution >= 4 is 5.52 Å². The Labute approximate surface area is 88.3 Å². The number of aliphatic hydroxyl groups is 1. The predicted molar refractivity (Wildman–Crippen MR) is 58.7 cm³/mol. The van der Waals surface area contributed by atoms with Crippen LogP contribution in [0, 0.1) is 0 Å². The number of rotatable bonds is 3. The van der Waals surface area contributed by atoms with Gasteiger partial charge in [0.05, 0.1) is 18.3 Å². The minimum Gasteiger partial charge on any atom is -0.395 e. The van der Waals surface area contributed by atoms with Crippen LogP contribution < -0.4 is 5.73 Å². The molecule has 0 aromatic carbocycles. The van der Waals surface area contributed by atoms with Crippen LogP contribution in [-0.4, -0.2) is 27.9 Å². The molecule has 2 rings (SSSR count). The molecule has 0 spiro atoms. The molecule has 4 heteroatoms. The standard InChI is InChI=1S/C11H15N3O/c1-11(7-12,8-15)9-6-13-14-5-3-2-4-10(9)14/h2-6,15H,7-8,12H2,1H3. The summed E-state index contributed by atoms with van der Waals surface area (Å²) >= 11 is 0. The van der Waals surface area contributed by atoms with Crippen LogP contribution in [0.25, 0.3) is 5.52 Å². The molecule has 0 aliphatic carbocycles. The van der Waals surface area contributed by atoms with Crippen molar-refractivity contribution in [1.82, 2.24) is 9.61 Å². The van der Waals surface area contributed by atoms with Crippen molar-refractivity contribution in [2.45, 2.75) is 12.3 Å². The fourth-order valence-corrected chi connectivity index (χ4v) is 1.66. The molecule has 0 fully saturated rings. The zero-order valence-corrected chi connectivity index (χ0v) is 8.72. The van der Waals surface area contributed by atoms with Gasteiger partial charge in [-0.1, -0.05) is 13.0 Å². The molecule has 0 saturated heterocycles. The summed E-state index contributed by atoms with van der Waals surface area (Å²) in [7, 11) is 0. The molecule has 2 heterocycles. The van der Waals surface area contributed by atoms with Crippen LogP contribution >= 0.6 is 0 Å². The van der Waals surface area contributed by atoms with Crippen LogP contribution in [0.5, 0.6) is 0 Å². The van der Waals surface area contributed by atoms with Gasteiger partial charge in [-0.15, -0.1) is 0 Å². The third-order valence-corrected chi connectivity index (χ3v) is 2.88. The fourth-order valence-electron chi connectivity index (χ4n) is 1.66. The van der Waals surface area contributed by atoms with Crippen LogP contribution in [0.15, 0.2) is 30.6 Å². The molecule has 0 bridgehead atoms. The molecule has 4 nitrogen and oxygen atoms in total. The van der Waals surface area contributed by atoms with Crippen molar-refractivity contribution in [3.63, 3.8) is 0 Å². The van der Waals surface area contributed by atoms with Crippen LogP contribution in [0.4, 0.5) is 0 Å². The van der Waals surface area contributed by atoms with Gasteiger partial charge in [-0.2, -0.15) is 5.10 Å². The van der Waals surface area contributed by atoms with E-state index in [1.54, 1.807) is 10.7 Å². The lowest BCUT2D eigenvalue weighted by molar-refractivity contribution is 0.211. The zero-order valence-electron chi connectivity index (χ0n) is 8.72. The Balaban J connectivity index is 2.61. The van der Waals surface area contributed by atoms with Gasteiger partial charge < -0.3 is 10.8 Å². The second kappa shape index (κ2) is 3.64. The minimum absolute atomic E-state index is 0.0275. The number of aliphatic hydroxyl groups excluding tert-OH is 1. The van der Waals surface area contributed by atoms with E-state index in [0.717, 1.165) is 11.1 Å². The maximum absolute atomic E-state index is 9.40. The molecular weight excluding hydrogens is 190 g/mol. The molecule has 15 heavy (non-hydrogen) atoms. The van der Waals surface area contributed by atoms with Gasteiger partial charge in [-0.05, 0) is 12.1 Å². The molecule has 0 amide bonds. The molecule has 2 aromatic rings. The van der Waals surface area contributed by atoms with E-state index >= 15 is 0 Å². The highest BCUT2D eigenvalue weighted by molar-refractivity contribution is 5.56. The number of nitrogens with zero attached hydrogens (tertiary/aromatic N) is 2. The predicted octanol–water partition coefficient (Wildman–Crippen LogP) is 0.543. The second-order valence-corrected chi connectivity index (χ2v) is 4.01. The van der Waals surface area contributed by atoms with Crippen molar-refractivity contribution in [3.8, 4) is 0 Å². The minimum atomic E-state index is -0.414. The Morgan fingerprint density at radius 2 is 2.33 bits per heavy atom. The molecule has 0 radical (unpaired) electrons. The lowest BCUT2D eigenvalue weighted by atomic mass is 9.84. The van der Waals surface area contributed by atoms with Gasteiger partial charge in [0.2, 0.25) is 0 Å².